The Bertz CT molecular complexity index is 279. The lowest BCUT2D eigenvalue weighted by Gasteiger charge is -2.08. The van der Waals surface area contributed by atoms with Crippen LogP contribution in [0.1, 0.15) is 0 Å². The van der Waals surface area contributed by atoms with Crippen molar-refractivity contribution < 1.29 is 25.3 Å². The van der Waals surface area contributed by atoms with Gasteiger partial charge in [0.05, 0.1) is 0 Å². The number of allylic oxidation sites excluding steroid dienone is 2. The second-order valence-corrected chi connectivity index (χ2v) is 2.74. The van der Waals surface area contributed by atoms with Gasteiger partial charge in [-0.05, 0) is 0 Å². The number of aliphatic hydroxyl groups excluding tert-OH is 2. The number of halogens is 2. The predicted octanol–water partition coefficient (Wildman–Crippen LogP) is 0.330. The van der Waals surface area contributed by atoms with Gasteiger partial charge in [0, 0.05) is 0 Å². The fraction of sp³-hybridized carbons (Fsp3) is 0. The van der Waals surface area contributed by atoms with E-state index in [9.17, 15) is 9.59 Å². The van der Waals surface area contributed by atoms with E-state index in [0.29, 0.717) is 0 Å². The number of hydrogen-bond acceptors (Lipinski definition) is 4. The summed E-state index contributed by atoms with van der Waals surface area (Å²) in [5.41, 5.74) is 0. The summed E-state index contributed by atoms with van der Waals surface area (Å²) in [5.74, 6) is -3.99. The van der Waals surface area contributed by atoms with Crippen molar-refractivity contribution in [1.29, 1.82) is 0 Å². The van der Waals surface area contributed by atoms with Crippen molar-refractivity contribution in [2.45, 2.75) is 0 Å². The highest BCUT2D eigenvalue weighted by molar-refractivity contribution is 6.55. The summed E-state index contributed by atoms with van der Waals surface area (Å²) in [5, 5.41) is 16.3. The lowest BCUT2D eigenvalue weighted by Crippen LogP contribution is -2.19. The minimum absolute atomic E-state index is 0. The zero-order valence-electron chi connectivity index (χ0n) is 5.97. The Balaban J connectivity index is 0.00000144. The molecule has 72 valence electrons. The molecule has 0 aliphatic heterocycles. The molecule has 0 aromatic heterocycles. The second-order valence-electron chi connectivity index (χ2n) is 1.98. The number of aliphatic hydroxyl groups is 2. The van der Waals surface area contributed by atoms with Gasteiger partial charge in [-0.3, -0.25) is 9.59 Å². The van der Waals surface area contributed by atoms with Gasteiger partial charge in [-0.1, -0.05) is 23.2 Å². The number of hydrogen-bond donors (Lipinski definition) is 2. The highest BCUT2D eigenvalue weighted by Gasteiger charge is 2.32. The van der Waals surface area contributed by atoms with Crippen LogP contribution in [0.4, 0.5) is 0 Å². The fourth-order valence-corrected chi connectivity index (χ4v) is 0.973. The molecule has 0 fully saturated rings. The number of carbonyl (C=O) groups excluding carboxylic acids is 2. The van der Waals surface area contributed by atoms with Crippen LogP contribution < -0.4 is 0 Å². The average Bonchev–Trinajstić information content (AvgIpc) is 2.08. The van der Waals surface area contributed by atoms with Crippen molar-refractivity contribution >= 4 is 34.8 Å². The molecule has 13 heavy (non-hydrogen) atoms. The van der Waals surface area contributed by atoms with Crippen molar-refractivity contribution in [3.8, 4) is 0 Å². The van der Waals surface area contributed by atoms with Crippen LogP contribution in [0.3, 0.4) is 0 Å². The van der Waals surface area contributed by atoms with Gasteiger partial charge < -0.3 is 15.7 Å². The summed E-state index contributed by atoms with van der Waals surface area (Å²) in [4.78, 5) is 21.6. The molecule has 5 nitrogen and oxygen atoms in total. The van der Waals surface area contributed by atoms with Gasteiger partial charge in [0.2, 0.25) is 11.6 Å². The molecule has 0 unspecified atom stereocenters. The van der Waals surface area contributed by atoms with Crippen LogP contribution in [0, 0.1) is 0 Å². The standard InChI is InChI=1S/C6H2Cl2O4.H2O/c7-1-3(9)5(11)2(8)6(12)4(1)10;/h9,12H;1H2. The third kappa shape index (κ3) is 1.67. The first-order chi connectivity index (χ1) is 5.46. The Labute approximate surface area is 82.2 Å². The third-order valence-electron chi connectivity index (χ3n) is 1.24. The monoisotopic (exact) mass is 226 g/mol. The van der Waals surface area contributed by atoms with Gasteiger partial charge >= 0.3 is 0 Å². The fourth-order valence-electron chi connectivity index (χ4n) is 0.622. The second kappa shape index (κ2) is 3.78. The Hall–Kier alpha value is -1.04. The molecule has 1 aliphatic carbocycles. The summed E-state index contributed by atoms with van der Waals surface area (Å²) >= 11 is 10.4. The first-order valence-electron chi connectivity index (χ1n) is 2.73. The van der Waals surface area contributed by atoms with Crippen LogP contribution >= 0.6 is 23.2 Å². The van der Waals surface area contributed by atoms with Crippen LogP contribution in [-0.2, 0) is 9.59 Å². The number of rotatable bonds is 0. The Morgan fingerprint density at radius 3 is 1.31 bits per heavy atom. The van der Waals surface area contributed by atoms with Crippen molar-refractivity contribution in [2.24, 2.45) is 0 Å². The molecule has 0 bridgehead atoms. The van der Waals surface area contributed by atoms with E-state index < -0.39 is 33.1 Å². The molecule has 0 atom stereocenters. The summed E-state index contributed by atoms with van der Waals surface area (Å²) in [6.07, 6.45) is 0. The highest BCUT2D eigenvalue weighted by atomic mass is 35.5. The predicted molar refractivity (Wildman–Crippen MR) is 44.6 cm³/mol. The smallest absolute Gasteiger partial charge is 0.244 e. The number of Topliss-reactive ketones (excluding diaryl/α,β-unsaturated/α-hetero) is 2. The van der Waals surface area contributed by atoms with Crippen LogP contribution in [0.15, 0.2) is 21.6 Å². The van der Waals surface area contributed by atoms with Gasteiger partial charge in [-0.15, -0.1) is 0 Å². The molecular weight excluding hydrogens is 223 g/mol. The van der Waals surface area contributed by atoms with Gasteiger partial charge in [-0.25, -0.2) is 0 Å². The highest BCUT2D eigenvalue weighted by Crippen LogP contribution is 2.26. The van der Waals surface area contributed by atoms with E-state index in [1.807, 2.05) is 0 Å². The molecular formula is C6H4Cl2O5. The van der Waals surface area contributed by atoms with E-state index >= 15 is 0 Å². The van der Waals surface area contributed by atoms with Crippen molar-refractivity contribution in [3.05, 3.63) is 21.6 Å². The molecule has 0 aromatic rings. The molecule has 0 saturated carbocycles. The van der Waals surface area contributed by atoms with Crippen LogP contribution in [0.2, 0.25) is 0 Å². The van der Waals surface area contributed by atoms with Gasteiger partial charge in [-0.2, -0.15) is 0 Å². The van der Waals surface area contributed by atoms with E-state index in [4.69, 9.17) is 33.4 Å². The van der Waals surface area contributed by atoms with E-state index in [1.165, 1.54) is 0 Å². The van der Waals surface area contributed by atoms with E-state index in [0.717, 1.165) is 0 Å². The van der Waals surface area contributed by atoms with Gasteiger partial charge in [0.25, 0.3) is 0 Å². The first-order valence-corrected chi connectivity index (χ1v) is 3.49. The Morgan fingerprint density at radius 1 is 0.846 bits per heavy atom. The zero-order chi connectivity index (χ0) is 9.46. The average molecular weight is 227 g/mol. The van der Waals surface area contributed by atoms with Gasteiger partial charge in [0.1, 0.15) is 10.1 Å². The SMILES string of the molecule is O.O=C1C(O)=C(Cl)C(=O)C(O)=C1Cl. The van der Waals surface area contributed by atoms with E-state index in [2.05, 4.69) is 0 Å². The summed E-state index contributed by atoms with van der Waals surface area (Å²) in [6, 6.07) is 0. The quantitative estimate of drug-likeness (QED) is 0.581. The molecule has 0 saturated heterocycles. The van der Waals surface area contributed by atoms with E-state index in [1.54, 1.807) is 0 Å². The molecule has 0 spiro atoms. The maximum Gasteiger partial charge on any atom is 0.244 e. The molecule has 0 radical (unpaired) electrons. The first kappa shape index (κ1) is 12.0. The maximum absolute atomic E-state index is 10.8. The molecule has 7 heteroatoms. The number of carbonyl (C=O) groups is 2. The molecule has 0 amide bonds. The molecule has 4 N–H and O–H groups in total. The van der Waals surface area contributed by atoms with Gasteiger partial charge in [0.15, 0.2) is 11.5 Å². The van der Waals surface area contributed by atoms with Crippen LogP contribution in [0.5, 0.6) is 0 Å². The Morgan fingerprint density at radius 2 is 1.08 bits per heavy atom. The molecule has 0 heterocycles. The van der Waals surface area contributed by atoms with Crippen LogP contribution in [-0.4, -0.2) is 27.3 Å². The molecule has 1 rings (SSSR count). The van der Waals surface area contributed by atoms with Crippen molar-refractivity contribution in [2.75, 3.05) is 0 Å². The minimum atomic E-state index is -1.06. The van der Waals surface area contributed by atoms with Crippen molar-refractivity contribution in [3.63, 3.8) is 0 Å². The third-order valence-corrected chi connectivity index (χ3v) is 1.95. The number of ketones is 2. The topological polar surface area (TPSA) is 106 Å². The molecule has 1 aliphatic rings. The normalized spacial score (nSPS) is 17.7. The summed E-state index contributed by atoms with van der Waals surface area (Å²) in [6.45, 7) is 0. The molecule has 0 aromatic carbocycles. The van der Waals surface area contributed by atoms with Crippen LogP contribution in [0.25, 0.3) is 0 Å². The largest absolute Gasteiger partial charge is 0.503 e. The van der Waals surface area contributed by atoms with Crippen molar-refractivity contribution in [1.82, 2.24) is 0 Å². The summed E-state index contributed by atoms with van der Waals surface area (Å²) in [7, 11) is 0. The lowest BCUT2D eigenvalue weighted by molar-refractivity contribution is -0.119. The van der Waals surface area contributed by atoms with E-state index in [-0.39, 0.29) is 5.48 Å². The summed E-state index contributed by atoms with van der Waals surface area (Å²) < 4.78 is 0. The lowest BCUT2D eigenvalue weighted by atomic mass is 10.1. The minimum Gasteiger partial charge on any atom is -0.503 e. The maximum atomic E-state index is 10.8. The zero-order valence-corrected chi connectivity index (χ0v) is 7.48. The Kier molecular flexibility index (Phi) is 3.48.